The summed E-state index contributed by atoms with van der Waals surface area (Å²) in [6.07, 6.45) is 3.12. The number of halogens is 3. The number of benzene rings is 1. The maximum Gasteiger partial charge on any atom is 0.434 e. The fourth-order valence-corrected chi connectivity index (χ4v) is 4.44. The predicted molar refractivity (Wildman–Crippen MR) is 137 cm³/mol. The Hall–Kier alpha value is -4.55. The Morgan fingerprint density at radius 3 is 2.59 bits per heavy atom. The maximum atomic E-state index is 13.3. The van der Waals surface area contributed by atoms with Gasteiger partial charge in [0.05, 0.1) is 12.0 Å². The summed E-state index contributed by atoms with van der Waals surface area (Å²) in [6.45, 7) is 3.97. The van der Waals surface area contributed by atoms with Gasteiger partial charge in [-0.1, -0.05) is 24.3 Å². The molecule has 10 nitrogen and oxygen atoms in total. The highest BCUT2D eigenvalue weighted by molar-refractivity contribution is 5.67. The van der Waals surface area contributed by atoms with E-state index in [9.17, 15) is 18.0 Å². The van der Waals surface area contributed by atoms with Crippen molar-refractivity contribution in [2.75, 3.05) is 5.32 Å². The summed E-state index contributed by atoms with van der Waals surface area (Å²) < 4.78 is 42.9. The highest BCUT2D eigenvalue weighted by Crippen LogP contribution is 2.41. The zero-order chi connectivity index (χ0) is 27.3. The van der Waals surface area contributed by atoms with Gasteiger partial charge in [0.25, 0.3) is 5.56 Å². The van der Waals surface area contributed by atoms with E-state index in [2.05, 4.69) is 35.3 Å². The number of fused-ring (bicyclic) bond motifs is 1. The van der Waals surface area contributed by atoms with Crippen molar-refractivity contribution in [3.05, 3.63) is 76.5 Å². The van der Waals surface area contributed by atoms with Crippen LogP contribution in [0.25, 0.3) is 28.4 Å². The van der Waals surface area contributed by atoms with Gasteiger partial charge in [-0.3, -0.25) is 4.79 Å². The van der Waals surface area contributed by atoms with E-state index in [4.69, 9.17) is 0 Å². The zero-order valence-corrected chi connectivity index (χ0v) is 21.1. The molecule has 39 heavy (non-hydrogen) atoms. The molecule has 4 heterocycles. The Bertz CT molecular complexity index is 1710. The number of anilines is 1. The molecule has 0 atom stereocenters. The average molecular weight is 536 g/mol. The van der Waals surface area contributed by atoms with Gasteiger partial charge in [0.2, 0.25) is 0 Å². The summed E-state index contributed by atoms with van der Waals surface area (Å²) in [5.74, 6) is 1.15. The van der Waals surface area contributed by atoms with Crippen LogP contribution in [0.3, 0.4) is 0 Å². The smallest absolute Gasteiger partial charge is 0.363 e. The lowest BCUT2D eigenvalue weighted by molar-refractivity contribution is -0.140. The lowest BCUT2D eigenvalue weighted by Crippen LogP contribution is -2.16. The molecule has 2 N–H and O–H groups in total. The molecule has 0 aliphatic heterocycles. The van der Waals surface area contributed by atoms with Gasteiger partial charge >= 0.3 is 6.18 Å². The molecular weight excluding hydrogens is 511 g/mol. The van der Waals surface area contributed by atoms with Crippen LogP contribution in [0, 0.1) is 0 Å². The fourth-order valence-electron chi connectivity index (χ4n) is 4.44. The van der Waals surface area contributed by atoms with Crippen LogP contribution < -0.4 is 10.9 Å². The van der Waals surface area contributed by atoms with E-state index in [1.165, 1.54) is 10.9 Å². The highest BCUT2D eigenvalue weighted by Gasteiger charge is 2.35. The van der Waals surface area contributed by atoms with Crippen molar-refractivity contribution in [2.45, 2.75) is 51.4 Å². The third-order valence-corrected chi connectivity index (χ3v) is 6.57. The number of rotatable bonds is 7. The quantitative estimate of drug-likeness (QED) is 0.307. The topological polar surface area (TPSA) is 119 Å². The molecule has 13 heteroatoms. The molecule has 5 aromatic rings. The number of aromatic amines is 1. The lowest BCUT2D eigenvalue weighted by Gasteiger charge is -2.12. The summed E-state index contributed by atoms with van der Waals surface area (Å²) in [6, 6.07) is 6.92. The molecule has 4 aromatic heterocycles. The third-order valence-electron chi connectivity index (χ3n) is 6.57. The number of nitrogens with zero attached hydrogens (tertiary/aromatic N) is 7. The number of hydrogen-bond donors (Lipinski definition) is 2. The fraction of sp³-hybridized carbons (Fsp3) is 0.308. The highest BCUT2D eigenvalue weighted by atomic mass is 19.4. The SMILES string of the molecule is CC(C)n1cc(C(F)(F)F)nc1-c1ccc(CNc2nc(-c3c(C4CC4)nc[nH]c3=O)nn3ccnc23)cc1. The average Bonchev–Trinajstić information content (AvgIpc) is 3.44. The summed E-state index contributed by atoms with van der Waals surface area (Å²) in [5, 5.41) is 7.75. The monoisotopic (exact) mass is 535 g/mol. The van der Waals surface area contributed by atoms with E-state index in [0.717, 1.165) is 24.6 Å². The first-order valence-corrected chi connectivity index (χ1v) is 12.5. The second-order valence-corrected chi connectivity index (χ2v) is 9.74. The van der Waals surface area contributed by atoms with Gasteiger partial charge in [-0.2, -0.15) is 13.2 Å². The molecule has 0 spiro atoms. The van der Waals surface area contributed by atoms with Crippen LogP contribution in [0.2, 0.25) is 0 Å². The van der Waals surface area contributed by atoms with Gasteiger partial charge < -0.3 is 14.9 Å². The number of hydrogen-bond acceptors (Lipinski definition) is 7. The Morgan fingerprint density at radius 2 is 1.90 bits per heavy atom. The third kappa shape index (κ3) is 4.75. The molecule has 0 radical (unpaired) electrons. The van der Waals surface area contributed by atoms with Crippen LogP contribution in [0.15, 0.2) is 54.0 Å². The minimum atomic E-state index is -4.52. The van der Waals surface area contributed by atoms with Crippen molar-refractivity contribution in [3.8, 4) is 22.8 Å². The molecule has 1 aliphatic carbocycles. The van der Waals surface area contributed by atoms with Crippen molar-refractivity contribution in [1.82, 2.24) is 39.1 Å². The standard InChI is InChI=1S/C26H24F3N9O/c1-14(2)37-12-18(26(27,28)29)34-23(37)17-5-3-15(4-6-17)11-31-22-24-30-9-10-38(24)36-21(35-22)19-20(16-7-8-16)32-13-33-25(19)39/h3-6,9-10,12-14,16H,7-8,11H2,1-2H3,(H,31,35,36)(H,32,33,39). The number of alkyl halides is 3. The largest absolute Gasteiger partial charge is 0.434 e. The molecule has 0 unspecified atom stereocenters. The molecule has 0 saturated heterocycles. The van der Waals surface area contributed by atoms with Gasteiger partial charge in [0.15, 0.2) is 23.0 Å². The van der Waals surface area contributed by atoms with Crippen molar-refractivity contribution in [1.29, 1.82) is 0 Å². The number of imidazole rings is 2. The first-order chi connectivity index (χ1) is 18.7. The van der Waals surface area contributed by atoms with Gasteiger partial charge in [0.1, 0.15) is 11.4 Å². The van der Waals surface area contributed by atoms with Crippen LogP contribution in [0.4, 0.5) is 19.0 Å². The van der Waals surface area contributed by atoms with Gasteiger partial charge in [-0.25, -0.2) is 24.5 Å². The molecule has 0 bridgehead atoms. The van der Waals surface area contributed by atoms with Crippen LogP contribution in [-0.2, 0) is 12.7 Å². The first kappa shape index (κ1) is 24.8. The number of nitrogens with one attached hydrogen (secondary N) is 2. The van der Waals surface area contributed by atoms with Crippen LogP contribution >= 0.6 is 0 Å². The molecule has 0 amide bonds. The maximum absolute atomic E-state index is 13.3. The summed E-state index contributed by atoms with van der Waals surface area (Å²) >= 11 is 0. The summed E-state index contributed by atoms with van der Waals surface area (Å²) in [4.78, 5) is 32.5. The van der Waals surface area contributed by atoms with E-state index in [0.29, 0.717) is 34.8 Å². The lowest BCUT2D eigenvalue weighted by atomic mass is 10.1. The molecule has 1 aromatic carbocycles. The summed E-state index contributed by atoms with van der Waals surface area (Å²) in [5.41, 5.74) is 1.74. The first-order valence-electron chi connectivity index (χ1n) is 12.5. The van der Waals surface area contributed by atoms with E-state index in [-0.39, 0.29) is 29.2 Å². The Balaban J connectivity index is 1.28. The van der Waals surface area contributed by atoms with Crippen molar-refractivity contribution >= 4 is 11.5 Å². The molecule has 1 aliphatic rings. The second kappa shape index (κ2) is 9.33. The van der Waals surface area contributed by atoms with E-state index < -0.39 is 11.9 Å². The zero-order valence-electron chi connectivity index (χ0n) is 21.1. The summed E-state index contributed by atoms with van der Waals surface area (Å²) in [7, 11) is 0. The molecular formula is C26H24F3N9O. The number of aromatic nitrogens is 8. The molecule has 1 fully saturated rings. The van der Waals surface area contributed by atoms with E-state index >= 15 is 0 Å². The van der Waals surface area contributed by atoms with Crippen LogP contribution in [0.1, 0.15) is 55.6 Å². The van der Waals surface area contributed by atoms with E-state index in [1.807, 2.05) is 26.0 Å². The van der Waals surface area contributed by atoms with Crippen molar-refractivity contribution in [2.24, 2.45) is 0 Å². The van der Waals surface area contributed by atoms with E-state index in [1.54, 1.807) is 29.0 Å². The van der Waals surface area contributed by atoms with Crippen molar-refractivity contribution < 1.29 is 13.2 Å². The van der Waals surface area contributed by atoms with Gasteiger partial charge in [-0.15, -0.1) is 5.10 Å². The predicted octanol–water partition coefficient (Wildman–Crippen LogP) is 4.83. The molecule has 200 valence electrons. The second-order valence-electron chi connectivity index (χ2n) is 9.74. The minimum Gasteiger partial charge on any atom is -0.363 e. The van der Waals surface area contributed by atoms with Crippen molar-refractivity contribution in [3.63, 3.8) is 0 Å². The van der Waals surface area contributed by atoms with Gasteiger partial charge in [-0.05, 0) is 32.3 Å². The normalized spacial score (nSPS) is 13.9. The minimum absolute atomic E-state index is 0.193. The van der Waals surface area contributed by atoms with Crippen LogP contribution in [0.5, 0.6) is 0 Å². The molecule has 6 rings (SSSR count). The van der Waals surface area contributed by atoms with Gasteiger partial charge in [0, 0.05) is 42.7 Å². The Kier molecular flexibility index (Phi) is 5.92. The Morgan fingerprint density at radius 1 is 1.13 bits per heavy atom. The number of H-pyrrole nitrogens is 1. The Labute approximate surface area is 220 Å². The van der Waals surface area contributed by atoms with Crippen LogP contribution in [-0.4, -0.2) is 39.1 Å². The molecule has 1 saturated carbocycles.